The van der Waals surface area contributed by atoms with Crippen LogP contribution in [0.4, 0.5) is 0 Å². The molecule has 2 heterocycles. The Bertz CT molecular complexity index is 363. The third kappa shape index (κ3) is 2.17. The summed E-state index contributed by atoms with van der Waals surface area (Å²) >= 11 is 3.47. The van der Waals surface area contributed by atoms with E-state index in [1.807, 2.05) is 0 Å². The maximum atomic E-state index is 3.54. The van der Waals surface area contributed by atoms with Gasteiger partial charge in [0.2, 0.25) is 0 Å². The number of benzene rings is 1. The smallest absolute Gasteiger partial charge is 0.0236 e. The fourth-order valence-electron chi connectivity index (χ4n) is 2.84. The molecule has 0 aliphatic carbocycles. The Hall–Kier alpha value is -0.380. The first-order valence-corrected chi connectivity index (χ1v) is 6.82. The van der Waals surface area contributed by atoms with Crippen molar-refractivity contribution in [3.05, 3.63) is 34.3 Å². The second kappa shape index (κ2) is 4.47. The summed E-state index contributed by atoms with van der Waals surface area (Å²) in [6, 6.07) is 10.3. The lowest BCUT2D eigenvalue weighted by atomic mass is 10.1. The Kier molecular flexibility index (Phi) is 3.01. The first-order valence-electron chi connectivity index (χ1n) is 6.03. The van der Waals surface area contributed by atoms with E-state index in [4.69, 9.17) is 0 Å². The second-order valence-electron chi connectivity index (χ2n) is 4.87. The molecule has 1 aromatic carbocycles. The van der Waals surface area contributed by atoms with Crippen LogP contribution in [0, 0.1) is 0 Å². The molecule has 2 unspecified atom stereocenters. The predicted octanol–water partition coefficient (Wildman–Crippen LogP) is 2.04. The average molecular weight is 281 g/mol. The standard InChI is InChI=1S/C13H17BrN2/c14-11-3-1-10(2-4-11)5-6-16-9-12-7-13(16)8-15-12/h1-4,12-13,15H,5-9H2. The van der Waals surface area contributed by atoms with E-state index in [0.29, 0.717) is 0 Å². The van der Waals surface area contributed by atoms with Gasteiger partial charge in [0.05, 0.1) is 0 Å². The number of halogens is 1. The van der Waals surface area contributed by atoms with Crippen molar-refractivity contribution in [3.8, 4) is 0 Å². The van der Waals surface area contributed by atoms with Crippen LogP contribution in [0.1, 0.15) is 12.0 Å². The second-order valence-corrected chi connectivity index (χ2v) is 5.78. The van der Waals surface area contributed by atoms with Crippen LogP contribution in [0.3, 0.4) is 0 Å². The Morgan fingerprint density at radius 1 is 1.31 bits per heavy atom. The van der Waals surface area contributed by atoms with Crippen LogP contribution in [0.25, 0.3) is 0 Å². The SMILES string of the molecule is Brc1ccc(CCN2CC3CC2CN3)cc1. The van der Waals surface area contributed by atoms with Gasteiger partial charge in [0, 0.05) is 36.2 Å². The van der Waals surface area contributed by atoms with Gasteiger partial charge in [-0.2, -0.15) is 0 Å². The Morgan fingerprint density at radius 3 is 2.75 bits per heavy atom. The van der Waals surface area contributed by atoms with E-state index in [0.717, 1.165) is 12.1 Å². The van der Waals surface area contributed by atoms with Gasteiger partial charge in [-0.05, 0) is 30.5 Å². The molecule has 16 heavy (non-hydrogen) atoms. The molecule has 0 radical (unpaired) electrons. The van der Waals surface area contributed by atoms with Gasteiger partial charge < -0.3 is 5.32 Å². The highest BCUT2D eigenvalue weighted by Crippen LogP contribution is 2.23. The summed E-state index contributed by atoms with van der Waals surface area (Å²) in [5, 5.41) is 3.54. The van der Waals surface area contributed by atoms with E-state index < -0.39 is 0 Å². The summed E-state index contributed by atoms with van der Waals surface area (Å²) in [4.78, 5) is 2.64. The molecule has 2 aliphatic rings. The van der Waals surface area contributed by atoms with Gasteiger partial charge in [-0.15, -0.1) is 0 Å². The van der Waals surface area contributed by atoms with E-state index in [9.17, 15) is 0 Å². The maximum absolute atomic E-state index is 3.54. The monoisotopic (exact) mass is 280 g/mol. The number of hydrogen-bond acceptors (Lipinski definition) is 2. The Morgan fingerprint density at radius 2 is 2.12 bits per heavy atom. The Labute approximate surface area is 105 Å². The van der Waals surface area contributed by atoms with Crippen molar-refractivity contribution in [2.24, 2.45) is 0 Å². The van der Waals surface area contributed by atoms with E-state index in [-0.39, 0.29) is 0 Å². The van der Waals surface area contributed by atoms with Crippen LogP contribution in [0.5, 0.6) is 0 Å². The first kappa shape index (κ1) is 10.8. The van der Waals surface area contributed by atoms with Gasteiger partial charge in [-0.1, -0.05) is 28.1 Å². The third-order valence-corrected chi connectivity index (χ3v) is 4.30. The summed E-state index contributed by atoms with van der Waals surface area (Å²) in [7, 11) is 0. The highest BCUT2D eigenvalue weighted by Gasteiger charge is 2.36. The number of likely N-dealkylation sites (tertiary alicyclic amines) is 1. The molecule has 2 atom stereocenters. The van der Waals surface area contributed by atoms with Gasteiger partial charge >= 0.3 is 0 Å². The topological polar surface area (TPSA) is 15.3 Å². The highest BCUT2D eigenvalue weighted by atomic mass is 79.9. The zero-order valence-corrected chi connectivity index (χ0v) is 10.9. The van der Waals surface area contributed by atoms with Crippen LogP contribution in [-0.2, 0) is 6.42 Å². The van der Waals surface area contributed by atoms with Crippen molar-refractivity contribution in [2.45, 2.75) is 24.9 Å². The first-order chi connectivity index (χ1) is 7.81. The molecule has 0 saturated carbocycles. The summed E-state index contributed by atoms with van der Waals surface area (Å²) in [5.74, 6) is 0. The molecule has 0 amide bonds. The summed E-state index contributed by atoms with van der Waals surface area (Å²) < 4.78 is 1.17. The molecule has 86 valence electrons. The van der Waals surface area contributed by atoms with Crippen LogP contribution in [0.2, 0.25) is 0 Å². The largest absolute Gasteiger partial charge is 0.311 e. The minimum atomic E-state index is 0.773. The fraction of sp³-hybridized carbons (Fsp3) is 0.538. The summed E-state index contributed by atoms with van der Waals surface area (Å²) in [6.07, 6.45) is 2.54. The van der Waals surface area contributed by atoms with E-state index in [2.05, 4.69) is 50.4 Å². The molecule has 1 N–H and O–H groups in total. The lowest BCUT2D eigenvalue weighted by Crippen LogP contribution is -2.44. The van der Waals surface area contributed by atoms with Crippen molar-refractivity contribution in [3.63, 3.8) is 0 Å². The van der Waals surface area contributed by atoms with E-state index in [1.54, 1.807) is 0 Å². The third-order valence-electron chi connectivity index (χ3n) is 3.77. The number of rotatable bonds is 3. The van der Waals surface area contributed by atoms with Crippen molar-refractivity contribution in [1.82, 2.24) is 10.2 Å². The molecule has 2 saturated heterocycles. The molecule has 1 aromatic rings. The quantitative estimate of drug-likeness (QED) is 0.912. The molecular weight excluding hydrogens is 264 g/mol. The van der Waals surface area contributed by atoms with E-state index >= 15 is 0 Å². The molecule has 2 bridgehead atoms. The fourth-order valence-corrected chi connectivity index (χ4v) is 3.11. The van der Waals surface area contributed by atoms with Crippen molar-refractivity contribution < 1.29 is 0 Å². The Balaban J connectivity index is 1.55. The molecule has 3 heteroatoms. The van der Waals surface area contributed by atoms with Crippen LogP contribution < -0.4 is 5.32 Å². The zero-order chi connectivity index (χ0) is 11.0. The van der Waals surface area contributed by atoms with Crippen molar-refractivity contribution >= 4 is 15.9 Å². The minimum absolute atomic E-state index is 0.773. The predicted molar refractivity (Wildman–Crippen MR) is 69.6 cm³/mol. The maximum Gasteiger partial charge on any atom is 0.0236 e. The molecule has 2 aliphatic heterocycles. The number of hydrogen-bond donors (Lipinski definition) is 1. The molecule has 2 fully saturated rings. The minimum Gasteiger partial charge on any atom is -0.311 e. The van der Waals surface area contributed by atoms with Gasteiger partial charge in [0.25, 0.3) is 0 Å². The van der Waals surface area contributed by atoms with Gasteiger partial charge in [-0.25, -0.2) is 0 Å². The van der Waals surface area contributed by atoms with Crippen molar-refractivity contribution in [1.29, 1.82) is 0 Å². The van der Waals surface area contributed by atoms with Crippen LogP contribution in [-0.4, -0.2) is 36.6 Å². The van der Waals surface area contributed by atoms with Gasteiger partial charge in [-0.3, -0.25) is 4.90 Å². The molecular formula is C13H17BrN2. The van der Waals surface area contributed by atoms with Crippen LogP contribution >= 0.6 is 15.9 Å². The number of piperazine rings is 1. The van der Waals surface area contributed by atoms with Crippen LogP contribution in [0.15, 0.2) is 28.7 Å². The number of fused-ring (bicyclic) bond motifs is 2. The lowest BCUT2D eigenvalue weighted by molar-refractivity contribution is 0.229. The lowest BCUT2D eigenvalue weighted by Gasteiger charge is -2.27. The molecule has 0 aromatic heterocycles. The normalized spacial score (nSPS) is 28.8. The van der Waals surface area contributed by atoms with Gasteiger partial charge in [0.15, 0.2) is 0 Å². The average Bonchev–Trinajstić information content (AvgIpc) is 2.90. The molecule has 0 spiro atoms. The van der Waals surface area contributed by atoms with E-state index in [1.165, 1.54) is 42.5 Å². The molecule has 2 nitrogen and oxygen atoms in total. The van der Waals surface area contributed by atoms with Crippen molar-refractivity contribution in [2.75, 3.05) is 19.6 Å². The number of nitrogens with one attached hydrogen (secondary N) is 1. The number of nitrogens with zero attached hydrogens (tertiary/aromatic N) is 1. The summed E-state index contributed by atoms with van der Waals surface area (Å²) in [6.45, 7) is 3.66. The zero-order valence-electron chi connectivity index (χ0n) is 9.32. The molecule has 3 rings (SSSR count). The summed E-state index contributed by atoms with van der Waals surface area (Å²) in [5.41, 5.74) is 1.44. The highest BCUT2D eigenvalue weighted by molar-refractivity contribution is 9.10. The van der Waals surface area contributed by atoms with Gasteiger partial charge in [0.1, 0.15) is 0 Å².